The Morgan fingerprint density at radius 3 is 2.61 bits per heavy atom. The molecule has 7 nitrogen and oxygen atoms in total. The van der Waals surface area contributed by atoms with Gasteiger partial charge in [0.2, 0.25) is 5.95 Å². The van der Waals surface area contributed by atoms with E-state index in [9.17, 15) is 9.59 Å². The third kappa shape index (κ3) is 3.03. The molecule has 2 N–H and O–H groups in total. The van der Waals surface area contributed by atoms with Crippen LogP contribution in [0.1, 0.15) is 17.0 Å². The molecule has 0 aliphatic rings. The molecule has 3 rings (SSSR count). The first-order valence-corrected chi connectivity index (χ1v) is 7.03. The minimum absolute atomic E-state index is 0.155. The van der Waals surface area contributed by atoms with Crippen molar-refractivity contribution in [3.8, 4) is 5.95 Å². The normalized spacial score (nSPS) is 11.2. The van der Waals surface area contributed by atoms with Crippen molar-refractivity contribution < 1.29 is 0 Å². The summed E-state index contributed by atoms with van der Waals surface area (Å²) < 4.78 is 1.20. The SMILES string of the molecule is Cc1cc(=O)[nH]c(-n2[nH]c(C)c(C=Nc3ccccc3)c2=O)n1. The Kier molecular flexibility index (Phi) is 3.76. The smallest absolute Gasteiger partial charge is 0.282 e. The van der Waals surface area contributed by atoms with Gasteiger partial charge in [-0.25, -0.2) is 4.98 Å². The second kappa shape index (κ2) is 5.88. The molecule has 0 bridgehead atoms. The number of para-hydroxylation sites is 1. The van der Waals surface area contributed by atoms with Crippen LogP contribution in [0.15, 0.2) is 51.0 Å². The number of nitrogens with zero attached hydrogens (tertiary/aromatic N) is 3. The highest BCUT2D eigenvalue weighted by molar-refractivity contribution is 5.82. The molecule has 3 aromatic rings. The summed E-state index contributed by atoms with van der Waals surface area (Å²) in [7, 11) is 0. The van der Waals surface area contributed by atoms with Crippen molar-refractivity contribution in [2.24, 2.45) is 4.99 Å². The molecule has 116 valence electrons. The number of hydrogen-bond donors (Lipinski definition) is 2. The lowest BCUT2D eigenvalue weighted by Gasteiger charge is -2.00. The lowest BCUT2D eigenvalue weighted by atomic mass is 10.3. The molecule has 0 atom stereocenters. The van der Waals surface area contributed by atoms with Crippen LogP contribution in [0.25, 0.3) is 5.95 Å². The molecule has 0 aliphatic carbocycles. The number of aryl methyl sites for hydroxylation is 2. The van der Waals surface area contributed by atoms with Crippen LogP contribution in [0.5, 0.6) is 0 Å². The van der Waals surface area contributed by atoms with Gasteiger partial charge in [0.05, 0.1) is 11.3 Å². The predicted octanol–water partition coefficient (Wildman–Crippen LogP) is 1.62. The Bertz CT molecular complexity index is 980. The summed E-state index contributed by atoms with van der Waals surface area (Å²) >= 11 is 0. The molecular formula is C16H15N5O2. The molecule has 7 heteroatoms. The van der Waals surface area contributed by atoms with Gasteiger partial charge in [-0.3, -0.25) is 24.7 Å². The zero-order chi connectivity index (χ0) is 16.4. The highest BCUT2D eigenvalue weighted by Crippen LogP contribution is 2.10. The molecule has 23 heavy (non-hydrogen) atoms. The van der Waals surface area contributed by atoms with E-state index in [1.807, 2.05) is 30.3 Å². The van der Waals surface area contributed by atoms with Gasteiger partial charge in [0, 0.05) is 23.7 Å². The van der Waals surface area contributed by atoms with Gasteiger partial charge in [-0.2, -0.15) is 4.68 Å². The first-order chi connectivity index (χ1) is 11.0. The first-order valence-electron chi connectivity index (χ1n) is 7.03. The van der Waals surface area contributed by atoms with Gasteiger partial charge in [-0.05, 0) is 26.0 Å². The third-order valence-corrected chi connectivity index (χ3v) is 3.28. The summed E-state index contributed by atoms with van der Waals surface area (Å²) in [5.41, 5.74) is 1.70. The quantitative estimate of drug-likeness (QED) is 0.719. The van der Waals surface area contributed by atoms with Crippen molar-refractivity contribution in [1.29, 1.82) is 0 Å². The molecule has 0 saturated heterocycles. The van der Waals surface area contributed by atoms with E-state index in [0.29, 0.717) is 17.0 Å². The van der Waals surface area contributed by atoms with Gasteiger partial charge in [0.1, 0.15) is 0 Å². The van der Waals surface area contributed by atoms with Gasteiger partial charge in [-0.15, -0.1) is 0 Å². The highest BCUT2D eigenvalue weighted by Gasteiger charge is 2.12. The summed E-state index contributed by atoms with van der Waals surface area (Å²) in [6, 6.07) is 10.7. The average molecular weight is 309 g/mol. The molecule has 0 spiro atoms. The number of rotatable bonds is 3. The Hall–Kier alpha value is -3.22. The lowest BCUT2D eigenvalue weighted by molar-refractivity contribution is 0.763. The molecule has 0 saturated carbocycles. The largest absolute Gasteiger partial charge is 0.292 e. The molecule has 1 aromatic carbocycles. The number of benzene rings is 1. The molecule has 2 heterocycles. The molecule has 0 fully saturated rings. The van der Waals surface area contributed by atoms with Crippen molar-refractivity contribution in [3.05, 3.63) is 74.1 Å². The van der Waals surface area contributed by atoms with Crippen molar-refractivity contribution >= 4 is 11.9 Å². The summed E-state index contributed by atoms with van der Waals surface area (Å²) in [5, 5.41) is 2.90. The van der Waals surface area contributed by atoms with E-state index >= 15 is 0 Å². The van der Waals surface area contributed by atoms with Crippen molar-refractivity contribution in [3.63, 3.8) is 0 Å². The molecule has 0 unspecified atom stereocenters. The Morgan fingerprint density at radius 1 is 1.17 bits per heavy atom. The summed E-state index contributed by atoms with van der Waals surface area (Å²) in [5.74, 6) is 0.155. The number of aromatic amines is 2. The number of aliphatic imine (C=N–C) groups is 1. The summed E-state index contributed by atoms with van der Waals surface area (Å²) in [6.45, 7) is 3.45. The number of hydrogen-bond acceptors (Lipinski definition) is 4. The molecule has 2 aromatic heterocycles. The zero-order valence-electron chi connectivity index (χ0n) is 12.7. The number of H-pyrrole nitrogens is 2. The lowest BCUT2D eigenvalue weighted by Crippen LogP contribution is -2.23. The van der Waals surface area contributed by atoms with E-state index in [1.165, 1.54) is 17.0 Å². The third-order valence-electron chi connectivity index (χ3n) is 3.28. The monoisotopic (exact) mass is 309 g/mol. The van der Waals surface area contributed by atoms with Crippen molar-refractivity contribution in [2.75, 3.05) is 0 Å². The van der Waals surface area contributed by atoms with Crippen LogP contribution in [0.3, 0.4) is 0 Å². The van der Waals surface area contributed by atoms with Crippen molar-refractivity contribution in [2.45, 2.75) is 13.8 Å². The fourth-order valence-electron chi connectivity index (χ4n) is 2.18. The van der Waals surface area contributed by atoms with Crippen LogP contribution in [-0.2, 0) is 0 Å². The number of nitrogens with one attached hydrogen (secondary N) is 2. The average Bonchev–Trinajstić information content (AvgIpc) is 2.80. The molecule has 0 aliphatic heterocycles. The first kappa shape index (κ1) is 14.7. The molecular weight excluding hydrogens is 294 g/mol. The van der Waals surface area contributed by atoms with Gasteiger partial charge in [0.25, 0.3) is 11.1 Å². The van der Waals surface area contributed by atoms with Gasteiger partial charge >= 0.3 is 0 Å². The fourth-order valence-corrected chi connectivity index (χ4v) is 2.18. The molecule has 0 radical (unpaired) electrons. The Labute approximate surface area is 131 Å². The summed E-state index contributed by atoms with van der Waals surface area (Å²) in [4.78, 5) is 35.1. The minimum Gasteiger partial charge on any atom is -0.292 e. The van der Waals surface area contributed by atoms with Gasteiger partial charge < -0.3 is 0 Å². The van der Waals surface area contributed by atoms with E-state index in [-0.39, 0.29) is 17.1 Å². The van der Waals surface area contributed by atoms with E-state index in [4.69, 9.17) is 0 Å². The molecule has 0 amide bonds. The van der Waals surface area contributed by atoms with Crippen LogP contribution >= 0.6 is 0 Å². The zero-order valence-corrected chi connectivity index (χ0v) is 12.7. The van der Waals surface area contributed by atoms with E-state index in [0.717, 1.165) is 5.69 Å². The summed E-state index contributed by atoms with van der Waals surface area (Å²) in [6.07, 6.45) is 1.51. The van der Waals surface area contributed by atoms with Crippen molar-refractivity contribution in [1.82, 2.24) is 19.7 Å². The maximum Gasteiger partial charge on any atom is 0.282 e. The van der Waals surface area contributed by atoms with E-state index in [1.54, 1.807) is 13.8 Å². The fraction of sp³-hybridized carbons (Fsp3) is 0.125. The second-order valence-corrected chi connectivity index (χ2v) is 5.10. The van der Waals surface area contributed by atoms with Crippen LogP contribution in [0, 0.1) is 13.8 Å². The Morgan fingerprint density at radius 2 is 1.91 bits per heavy atom. The number of aromatic nitrogens is 4. The van der Waals surface area contributed by atoms with Crippen LogP contribution in [-0.4, -0.2) is 26.0 Å². The van der Waals surface area contributed by atoms with E-state index in [2.05, 4.69) is 20.1 Å². The predicted molar refractivity (Wildman–Crippen MR) is 88.0 cm³/mol. The van der Waals surface area contributed by atoms with E-state index < -0.39 is 0 Å². The van der Waals surface area contributed by atoms with Gasteiger partial charge in [0.15, 0.2) is 0 Å². The second-order valence-electron chi connectivity index (χ2n) is 5.10. The van der Waals surface area contributed by atoms with Gasteiger partial charge in [-0.1, -0.05) is 18.2 Å². The Balaban J connectivity index is 2.05. The maximum absolute atomic E-state index is 12.5. The topological polar surface area (TPSA) is 95.9 Å². The highest BCUT2D eigenvalue weighted by atomic mass is 16.1. The minimum atomic E-state index is -0.323. The van der Waals surface area contributed by atoms with Crippen LogP contribution in [0.4, 0.5) is 5.69 Å². The van der Waals surface area contributed by atoms with Crippen LogP contribution < -0.4 is 11.1 Å². The standard InChI is InChI=1S/C16H15N5O2/c1-10-8-14(22)19-16(18-10)21-15(23)13(11(2)20-21)9-17-12-6-4-3-5-7-12/h3-9,20H,1-2H3,(H,18,19,22). The maximum atomic E-state index is 12.5. The van der Waals surface area contributed by atoms with Crippen LogP contribution in [0.2, 0.25) is 0 Å².